The van der Waals surface area contributed by atoms with Crippen LogP contribution in [0.3, 0.4) is 0 Å². The summed E-state index contributed by atoms with van der Waals surface area (Å²) in [5.41, 5.74) is 0. The van der Waals surface area contributed by atoms with Crippen LogP contribution in [0.2, 0.25) is 0 Å². The van der Waals surface area contributed by atoms with Crippen molar-refractivity contribution in [3.05, 3.63) is 30.1 Å². The molecule has 0 radical (unpaired) electrons. The molecular weight excluding hydrogens is 377 g/mol. The largest absolute Gasteiger partial charge is 0.394 e. The first-order valence-corrected chi connectivity index (χ1v) is 10.4. The minimum Gasteiger partial charge on any atom is -0.394 e. The Hall–Kier alpha value is -1.14. The van der Waals surface area contributed by atoms with Crippen LogP contribution in [-0.4, -0.2) is 99.2 Å². The van der Waals surface area contributed by atoms with E-state index in [9.17, 15) is 23.0 Å². The van der Waals surface area contributed by atoms with Gasteiger partial charge >= 0.3 is 0 Å². The number of nitrogens with zero attached hydrogens (tertiary/aromatic N) is 2. The average molecular weight is 403 g/mol. The van der Waals surface area contributed by atoms with Crippen molar-refractivity contribution < 1.29 is 27.8 Å². The first-order chi connectivity index (χ1) is 12.8. The van der Waals surface area contributed by atoms with Gasteiger partial charge in [0, 0.05) is 32.7 Å². The first-order valence-electron chi connectivity index (χ1n) is 8.94. The maximum absolute atomic E-state index is 13.0. The summed E-state index contributed by atoms with van der Waals surface area (Å²) in [4.78, 5) is 4.21. The van der Waals surface area contributed by atoms with Crippen molar-refractivity contribution in [2.24, 2.45) is 0 Å². The Labute approximate surface area is 158 Å². The van der Waals surface area contributed by atoms with Crippen LogP contribution >= 0.6 is 0 Å². The highest BCUT2D eigenvalue weighted by Gasteiger charge is 2.46. The van der Waals surface area contributed by atoms with Crippen LogP contribution in [0, 0.1) is 5.82 Å². The standard InChI is InChI=1S/C17H26FN3O5S/c1-20-6-8-21(9-7-20)16-14(26-15(11-22)17(16)23)10-19-27(24,25)13-4-2-12(18)3-5-13/h2-5,14-17,19,22-23H,6-11H2,1H3. The molecule has 2 aliphatic heterocycles. The minimum atomic E-state index is -3.84. The third-order valence-electron chi connectivity index (χ3n) is 5.20. The summed E-state index contributed by atoms with van der Waals surface area (Å²) in [5, 5.41) is 20.0. The molecule has 2 heterocycles. The van der Waals surface area contributed by atoms with Gasteiger partial charge in [-0.25, -0.2) is 17.5 Å². The van der Waals surface area contributed by atoms with Gasteiger partial charge in [0.25, 0.3) is 0 Å². The van der Waals surface area contributed by atoms with E-state index in [0.29, 0.717) is 0 Å². The Morgan fingerprint density at radius 3 is 2.41 bits per heavy atom. The van der Waals surface area contributed by atoms with Crippen molar-refractivity contribution in [3.63, 3.8) is 0 Å². The molecule has 10 heteroatoms. The number of likely N-dealkylation sites (N-methyl/N-ethyl adjacent to an activating group) is 1. The summed E-state index contributed by atoms with van der Waals surface area (Å²) in [6.45, 7) is 2.72. The molecule has 2 aliphatic rings. The second kappa shape index (κ2) is 8.48. The summed E-state index contributed by atoms with van der Waals surface area (Å²) in [7, 11) is -1.82. The molecule has 3 rings (SSSR count). The van der Waals surface area contributed by atoms with E-state index in [1.54, 1.807) is 0 Å². The molecule has 0 aliphatic carbocycles. The van der Waals surface area contributed by atoms with Crippen LogP contribution in [0.5, 0.6) is 0 Å². The molecule has 4 unspecified atom stereocenters. The number of nitrogens with one attached hydrogen (secondary N) is 1. The molecule has 8 nitrogen and oxygen atoms in total. The molecule has 1 aromatic carbocycles. The lowest BCUT2D eigenvalue weighted by molar-refractivity contribution is -0.0201. The van der Waals surface area contributed by atoms with Crippen molar-refractivity contribution in [2.75, 3.05) is 46.4 Å². The maximum atomic E-state index is 13.0. The second-order valence-corrected chi connectivity index (χ2v) is 8.79. The van der Waals surface area contributed by atoms with Gasteiger partial charge in [0.1, 0.15) is 18.0 Å². The van der Waals surface area contributed by atoms with Gasteiger partial charge in [-0.05, 0) is 31.3 Å². The lowest BCUT2D eigenvalue weighted by atomic mass is 10.0. The molecule has 0 bridgehead atoms. The Kier molecular flexibility index (Phi) is 6.46. The van der Waals surface area contributed by atoms with Crippen LogP contribution in [0.15, 0.2) is 29.2 Å². The number of halogens is 1. The van der Waals surface area contributed by atoms with E-state index in [4.69, 9.17) is 4.74 Å². The lowest BCUT2D eigenvalue weighted by Gasteiger charge is -2.39. The predicted molar refractivity (Wildman–Crippen MR) is 96.2 cm³/mol. The number of aliphatic hydroxyl groups excluding tert-OH is 2. The third kappa shape index (κ3) is 4.65. The molecule has 0 spiro atoms. The lowest BCUT2D eigenvalue weighted by Crippen LogP contribution is -2.56. The normalized spacial score (nSPS) is 30.7. The molecular formula is C17H26FN3O5S. The highest BCUT2D eigenvalue weighted by Crippen LogP contribution is 2.27. The van der Waals surface area contributed by atoms with Crippen molar-refractivity contribution in [3.8, 4) is 0 Å². The fourth-order valence-electron chi connectivity index (χ4n) is 3.61. The van der Waals surface area contributed by atoms with E-state index in [1.165, 1.54) is 12.1 Å². The maximum Gasteiger partial charge on any atom is 0.240 e. The van der Waals surface area contributed by atoms with Gasteiger partial charge in [-0.2, -0.15) is 0 Å². The highest BCUT2D eigenvalue weighted by atomic mass is 32.2. The Morgan fingerprint density at radius 1 is 1.19 bits per heavy atom. The molecule has 27 heavy (non-hydrogen) atoms. The van der Waals surface area contributed by atoms with E-state index < -0.39 is 40.2 Å². The topological polar surface area (TPSA) is 102 Å². The van der Waals surface area contributed by atoms with Crippen LogP contribution in [0.1, 0.15) is 0 Å². The zero-order chi connectivity index (χ0) is 19.6. The summed E-state index contributed by atoms with van der Waals surface area (Å²) in [6, 6.07) is 4.14. The fraction of sp³-hybridized carbons (Fsp3) is 0.647. The zero-order valence-corrected chi connectivity index (χ0v) is 16.0. The Morgan fingerprint density at radius 2 is 1.81 bits per heavy atom. The van der Waals surface area contributed by atoms with Crippen LogP contribution in [0.25, 0.3) is 0 Å². The predicted octanol–water partition coefficient (Wildman–Crippen LogP) is -1.16. The molecule has 0 saturated carbocycles. The van der Waals surface area contributed by atoms with Gasteiger partial charge in [-0.3, -0.25) is 4.90 Å². The summed E-state index contributed by atoms with van der Waals surface area (Å²) >= 11 is 0. The number of ether oxygens (including phenoxy) is 1. The highest BCUT2D eigenvalue weighted by molar-refractivity contribution is 7.89. The summed E-state index contributed by atoms with van der Waals surface area (Å²) in [5.74, 6) is -0.517. The number of benzene rings is 1. The number of piperazine rings is 1. The van der Waals surface area contributed by atoms with E-state index in [0.717, 1.165) is 38.3 Å². The zero-order valence-electron chi connectivity index (χ0n) is 15.2. The summed E-state index contributed by atoms with van der Waals surface area (Å²) in [6.07, 6.45) is -2.26. The van der Waals surface area contributed by atoms with Gasteiger partial charge in [-0.1, -0.05) is 0 Å². The van der Waals surface area contributed by atoms with Crippen molar-refractivity contribution in [1.82, 2.24) is 14.5 Å². The Balaban J connectivity index is 1.70. The number of rotatable bonds is 6. The molecule has 2 saturated heterocycles. The van der Waals surface area contributed by atoms with E-state index in [2.05, 4.69) is 14.5 Å². The van der Waals surface area contributed by atoms with E-state index in [1.807, 2.05) is 7.05 Å². The first kappa shape index (κ1) is 20.6. The molecule has 0 amide bonds. The number of hydrogen-bond donors (Lipinski definition) is 3. The smallest absolute Gasteiger partial charge is 0.240 e. The number of hydrogen-bond acceptors (Lipinski definition) is 7. The number of aliphatic hydroxyl groups is 2. The van der Waals surface area contributed by atoms with Gasteiger partial charge in [-0.15, -0.1) is 0 Å². The van der Waals surface area contributed by atoms with Crippen LogP contribution < -0.4 is 4.72 Å². The molecule has 152 valence electrons. The second-order valence-electron chi connectivity index (χ2n) is 7.02. The van der Waals surface area contributed by atoms with Gasteiger partial charge < -0.3 is 19.8 Å². The van der Waals surface area contributed by atoms with Crippen LogP contribution in [0.4, 0.5) is 4.39 Å². The van der Waals surface area contributed by atoms with E-state index in [-0.39, 0.29) is 18.0 Å². The number of sulfonamides is 1. The quantitative estimate of drug-likeness (QED) is 0.551. The van der Waals surface area contributed by atoms with Gasteiger partial charge in [0.2, 0.25) is 10.0 Å². The monoisotopic (exact) mass is 403 g/mol. The van der Waals surface area contributed by atoms with Crippen molar-refractivity contribution >= 4 is 10.0 Å². The molecule has 0 aromatic heterocycles. The van der Waals surface area contributed by atoms with Gasteiger partial charge in [0.05, 0.1) is 23.6 Å². The average Bonchev–Trinajstić information content (AvgIpc) is 2.97. The fourth-order valence-corrected chi connectivity index (χ4v) is 4.65. The molecule has 3 N–H and O–H groups in total. The van der Waals surface area contributed by atoms with Gasteiger partial charge in [0.15, 0.2) is 0 Å². The molecule has 2 fully saturated rings. The van der Waals surface area contributed by atoms with Crippen molar-refractivity contribution in [2.45, 2.75) is 29.2 Å². The van der Waals surface area contributed by atoms with Crippen molar-refractivity contribution in [1.29, 1.82) is 0 Å². The molecule has 1 aromatic rings. The molecule has 4 atom stereocenters. The van der Waals surface area contributed by atoms with Crippen LogP contribution in [-0.2, 0) is 14.8 Å². The summed E-state index contributed by atoms with van der Waals surface area (Å²) < 4.78 is 46.1. The third-order valence-corrected chi connectivity index (χ3v) is 6.64. The van der Waals surface area contributed by atoms with E-state index >= 15 is 0 Å². The SMILES string of the molecule is CN1CCN(C2C(CNS(=O)(=O)c3ccc(F)cc3)OC(CO)C2O)CC1. The Bertz CT molecular complexity index is 725. The minimum absolute atomic E-state index is 0.0442.